The topological polar surface area (TPSA) is 94.1 Å². The van der Waals surface area contributed by atoms with E-state index in [1.165, 1.54) is 19.2 Å². The molecule has 3 rings (SSSR count). The molecule has 0 aromatic carbocycles. The maximum atomic E-state index is 12.1. The molecule has 7 nitrogen and oxygen atoms in total. The second-order valence-corrected chi connectivity index (χ2v) is 5.94. The van der Waals surface area contributed by atoms with Crippen LogP contribution in [0.25, 0.3) is 10.9 Å². The van der Waals surface area contributed by atoms with E-state index in [4.69, 9.17) is 5.73 Å². The van der Waals surface area contributed by atoms with E-state index in [1.807, 2.05) is 0 Å². The maximum absolute atomic E-state index is 12.1. The van der Waals surface area contributed by atoms with Crippen LogP contribution in [-0.4, -0.2) is 44.4 Å². The van der Waals surface area contributed by atoms with E-state index >= 15 is 0 Å². The highest BCUT2D eigenvalue weighted by Crippen LogP contribution is 2.32. The van der Waals surface area contributed by atoms with E-state index in [1.54, 1.807) is 16.5 Å². The van der Waals surface area contributed by atoms with Crippen molar-refractivity contribution in [1.29, 1.82) is 0 Å². The van der Waals surface area contributed by atoms with Crippen LogP contribution >= 0.6 is 0 Å². The van der Waals surface area contributed by atoms with Gasteiger partial charge in [-0.2, -0.15) is 5.10 Å². The third-order valence-corrected chi connectivity index (χ3v) is 4.37. The molecule has 2 aromatic heterocycles. The SMILES string of the molecule is C=CC(=O)N1CCC(n2nc(C#CC)c3c(N)ncc(C(C)=O)c32)C1. The first-order chi connectivity index (χ1) is 12.0. The Hall–Kier alpha value is -3.14. The van der Waals surface area contributed by atoms with Gasteiger partial charge in [0, 0.05) is 19.3 Å². The number of fused-ring (bicyclic) bond motifs is 1. The van der Waals surface area contributed by atoms with Gasteiger partial charge in [0.15, 0.2) is 5.78 Å². The lowest BCUT2D eigenvalue weighted by atomic mass is 10.1. The summed E-state index contributed by atoms with van der Waals surface area (Å²) in [5.74, 6) is 5.82. The Morgan fingerprint density at radius 1 is 1.48 bits per heavy atom. The number of pyridine rings is 1. The molecule has 1 saturated heterocycles. The largest absolute Gasteiger partial charge is 0.383 e. The summed E-state index contributed by atoms with van der Waals surface area (Å²) in [6, 6.07) is -0.0568. The highest BCUT2D eigenvalue weighted by Gasteiger charge is 2.30. The lowest BCUT2D eigenvalue weighted by Gasteiger charge is -2.16. The van der Waals surface area contributed by atoms with Gasteiger partial charge in [-0.05, 0) is 32.3 Å². The van der Waals surface area contributed by atoms with Crippen molar-refractivity contribution in [3.63, 3.8) is 0 Å². The maximum Gasteiger partial charge on any atom is 0.246 e. The van der Waals surface area contributed by atoms with Crippen LogP contribution < -0.4 is 5.73 Å². The van der Waals surface area contributed by atoms with Gasteiger partial charge in [-0.3, -0.25) is 14.3 Å². The van der Waals surface area contributed by atoms with Gasteiger partial charge in [0.2, 0.25) is 5.91 Å². The second-order valence-electron chi connectivity index (χ2n) is 5.94. The van der Waals surface area contributed by atoms with Gasteiger partial charge in [-0.15, -0.1) is 0 Å². The lowest BCUT2D eigenvalue weighted by molar-refractivity contribution is -0.125. The molecule has 1 atom stereocenters. The number of likely N-dealkylation sites (tertiary alicyclic amines) is 1. The van der Waals surface area contributed by atoms with Crippen LogP contribution in [0.3, 0.4) is 0 Å². The van der Waals surface area contributed by atoms with Crippen LogP contribution in [0.5, 0.6) is 0 Å². The van der Waals surface area contributed by atoms with E-state index in [0.717, 1.165) is 6.42 Å². The summed E-state index contributed by atoms with van der Waals surface area (Å²) in [6.07, 6.45) is 3.51. The fourth-order valence-corrected chi connectivity index (χ4v) is 3.19. The standard InChI is InChI=1S/C18H19N5O2/c1-4-6-14-16-17(13(11(3)24)9-20-18(16)19)23(21-14)12-7-8-22(10-12)15(25)5-2/h5,9,12H,2,7-8,10H2,1,3H3,(H2,19,20). The van der Waals surface area contributed by atoms with Crippen molar-refractivity contribution >= 4 is 28.4 Å². The van der Waals surface area contributed by atoms with Gasteiger partial charge in [0.05, 0.1) is 22.5 Å². The Morgan fingerprint density at radius 2 is 2.24 bits per heavy atom. The molecule has 1 amide bonds. The van der Waals surface area contributed by atoms with Crippen molar-refractivity contribution in [1.82, 2.24) is 19.7 Å². The van der Waals surface area contributed by atoms with E-state index in [-0.39, 0.29) is 17.7 Å². The highest BCUT2D eigenvalue weighted by atomic mass is 16.2. The zero-order valence-corrected chi connectivity index (χ0v) is 14.2. The Labute approximate surface area is 145 Å². The van der Waals surface area contributed by atoms with Crippen LogP contribution in [0.4, 0.5) is 5.82 Å². The van der Waals surface area contributed by atoms with Crippen molar-refractivity contribution in [3.05, 3.63) is 30.1 Å². The van der Waals surface area contributed by atoms with Gasteiger partial charge in [0.1, 0.15) is 11.5 Å². The number of hydrogen-bond donors (Lipinski definition) is 1. The summed E-state index contributed by atoms with van der Waals surface area (Å²) in [5, 5.41) is 5.18. The third kappa shape index (κ3) is 2.76. The number of carbonyl (C=O) groups is 2. The molecule has 2 aromatic rings. The van der Waals surface area contributed by atoms with Crippen LogP contribution in [0.2, 0.25) is 0 Å². The Bertz CT molecular complexity index is 948. The van der Waals surface area contributed by atoms with Crippen LogP contribution in [0.1, 0.15) is 42.4 Å². The number of nitrogens with two attached hydrogens (primary N) is 1. The Balaban J connectivity index is 2.19. The highest BCUT2D eigenvalue weighted by molar-refractivity contribution is 6.09. The first-order valence-corrected chi connectivity index (χ1v) is 7.99. The second kappa shape index (κ2) is 6.40. The van der Waals surface area contributed by atoms with E-state index < -0.39 is 0 Å². The van der Waals surface area contributed by atoms with Gasteiger partial charge in [-0.25, -0.2) is 4.98 Å². The van der Waals surface area contributed by atoms with Crippen LogP contribution in [-0.2, 0) is 4.79 Å². The normalized spacial score (nSPS) is 16.6. The average molecular weight is 337 g/mol. The molecule has 25 heavy (non-hydrogen) atoms. The molecule has 0 spiro atoms. The van der Waals surface area contributed by atoms with E-state index in [9.17, 15) is 9.59 Å². The predicted octanol–water partition coefficient (Wildman–Crippen LogP) is 1.55. The summed E-state index contributed by atoms with van der Waals surface area (Å²) >= 11 is 0. The molecule has 7 heteroatoms. The molecular formula is C18H19N5O2. The monoisotopic (exact) mass is 337 g/mol. The molecule has 0 saturated carbocycles. The number of ketones is 1. The summed E-state index contributed by atoms with van der Waals surface area (Å²) < 4.78 is 1.78. The van der Waals surface area contributed by atoms with Crippen molar-refractivity contribution < 1.29 is 9.59 Å². The molecule has 1 aliphatic rings. The molecule has 1 aliphatic heterocycles. The number of Topliss-reactive ketones (excluding diaryl/α,β-unsaturated/α-hetero) is 1. The summed E-state index contributed by atoms with van der Waals surface area (Å²) in [7, 11) is 0. The number of rotatable bonds is 3. The number of carbonyl (C=O) groups excluding carboxylic acids is 2. The van der Waals surface area contributed by atoms with Crippen LogP contribution in [0.15, 0.2) is 18.9 Å². The molecule has 0 bridgehead atoms. The number of nitrogens with zero attached hydrogens (tertiary/aromatic N) is 4. The minimum atomic E-state index is -0.119. The number of nitrogen functional groups attached to an aromatic ring is 1. The molecule has 2 N–H and O–H groups in total. The Morgan fingerprint density at radius 3 is 2.88 bits per heavy atom. The third-order valence-electron chi connectivity index (χ3n) is 4.37. The van der Waals surface area contributed by atoms with Crippen molar-refractivity contribution in [3.8, 4) is 11.8 Å². The smallest absolute Gasteiger partial charge is 0.246 e. The Kier molecular flexibility index (Phi) is 4.28. The first-order valence-electron chi connectivity index (χ1n) is 7.99. The van der Waals surface area contributed by atoms with Gasteiger partial charge >= 0.3 is 0 Å². The molecule has 3 heterocycles. The lowest BCUT2D eigenvalue weighted by Crippen LogP contribution is -2.27. The summed E-state index contributed by atoms with van der Waals surface area (Å²) in [5.41, 5.74) is 7.63. The fourth-order valence-electron chi connectivity index (χ4n) is 3.19. The molecule has 1 fully saturated rings. The molecule has 0 radical (unpaired) electrons. The zero-order valence-electron chi connectivity index (χ0n) is 14.2. The van der Waals surface area contributed by atoms with E-state index in [2.05, 4.69) is 28.5 Å². The van der Waals surface area contributed by atoms with E-state index in [0.29, 0.717) is 41.1 Å². The quantitative estimate of drug-likeness (QED) is 0.521. The zero-order chi connectivity index (χ0) is 18.1. The molecule has 1 unspecified atom stereocenters. The molecular weight excluding hydrogens is 318 g/mol. The minimum absolute atomic E-state index is 0.0568. The van der Waals surface area contributed by atoms with Crippen molar-refractivity contribution in [2.75, 3.05) is 18.8 Å². The predicted molar refractivity (Wildman–Crippen MR) is 94.9 cm³/mol. The van der Waals surface area contributed by atoms with Gasteiger partial charge in [0.25, 0.3) is 0 Å². The number of anilines is 1. The van der Waals surface area contributed by atoms with Crippen molar-refractivity contribution in [2.45, 2.75) is 26.3 Å². The average Bonchev–Trinajstić information content (AvgIpc) is 3.20. The van der Waals surface area contributed by atoms with Crippen molar-refractivity contribution in [2.24, 2.45) is 0 Å². The fraction of sp³-hybridized carbons (Fsp3) is 0.333. The van der Waals surface area contributed by atoms with Gasteiger partial charge in [-0.1, -0.05) is 12.5 Å². The number of hydrogen-bond acceptors (Lipinski definition) is 5. The first kappa shape index (κ1) is 16.7. The summed E-state index contributed by atoms with van der Waals surface area (Å²) in [6.45, 7) is 7.84. The molecule has 128 valence electrons. The summed E-state index contributed by atoms with van der Waals surface area (Å²) in [4.78, 5) is 29.8. The van der Waals surface area contributed by atoms with Gasteiger partial charge < -0.3 is 10.6 Å². The molecule has 0 aliphatic carbocycles. The number of aromatic nitrogens is 3. The van der Waals surface area contributed by atoms with Crippen LogP contribution in [0, 0.1) is 11.8 Å². The minimum Gasteiger partial charge on any atom is -0.383 e. The number of amides is 1.